The first-order chi connectivity index (χ1) is 30.2. The molecule has 1 fully saturated rings. The number of carbonyl (C=O) groups excluding carboxylic acids is 4. The number of ether oxygens (including phenoxy) is 4. The van der Waals surface area contributed by atoms with E-state index in [4.69, 9.17) is 18.9 Å². The fourth-order valence-electron chi connectivity index (χ4n) is 9.72. The van der Waals surface area contributed by atoms with E-state index in [0.29, 0.717) is 35.8 Å². The summed E-state index contributed by atoms with van der Waals surface area (Å²) in [6.45, 7) is 8.21. The van der Waals surface area contributed by atoms with Crippen LogP contribution in [0.15, 0.2) is 48.5 Å². The second-order valence-electron chi connectivity index (χ2n) is 18.2. The summed E-state index contributed by atoms with van der Waals surface area (Å²) in [6.07, 6.45) is 36.3. The van der Waals surface area contributed by atoms with E-state index in [1.807, 2.05) is 0 Å². The lowest BCUT2D eigenvalue weighted by Gasteiger charge is -2.44. The minimum Gasteiger partial charge on any atom is -0.462 e. The molecule has 0 spiro atoms. The predicted molar refractivity (Wildman–Crippen MR) is 251 cm³/mol. The van der Waals surface area contributed by atoms with E-state index in [2.05, 4.69) is 13.8 Å². The normalized spacial score (nSPS) is 17.4. The summed E-state index contributed by atoms with van der Waals surface area (Å²) in [5.41, 5.74) is 0.938. The van der Waals surface area contributed by atoms with Gasteiger partial charge in [-0.25, -0.2) is 9.59 Å². The highest BCUT2D eigenvalue weighted by Gasteiger charge is 2.37. The summed E-state index contributed by atoms with van der Waals surface area (Å²) < 4.78 is 21.1. The summed E-state index contributed by atoms with van der Waals surface area (Å²) >= 11 is 0. The Balaban J connectivity index is 1.42. The number of esters is 4. The van der Waals surface area contributed by atoms with Crippen LogP contribution in [0.5, 0.6) is 11.5 Å². The third-order valence-electron chi connectivity index (χ3n) is 13.1. The SMILES string of the molecule is CCCCCCCC[C@@H]1[C@H](CCCCCC)CC[C@H](CCCCCCCCOC(=O)c2ccc(OC(C)=O)cc2)[C@@H]1CCCCCCCCOC(=O)c1ccc(OC(C)=O)cc1. The maximum Gasteiger partial charge on any atom is 0.338 e. The molecule has 0 aromatic heterocycles. The largest absolute Gasteiger partial charge is 0.462 e. The minimum absolute atomic E-state index is 0.333. The molecule has 0 N–H and O–H groups in total. The molecule has 0 heterocycles. The molecule has 348 valence electrons. The van der Waals surface area contributed by atoms with E-state index in [0.717, 1.165) is 49.4 Å². The molecule has 2 aromatic carbocycles. The standard InChI is InChI=1S/C54H84O8/c1-5-7-9-11-17-23-29-51-45(27-21-10-8-6-2)31-32-46(28-22-16-12-14-19-25-41-59-53(57)47-33-37-49(38-34-47)61-43(3)55)52(51)30-24-18-13-15-20-26-42-60-54(58)48-35-39-50(40-36-48)62-44(4)56/h33-40,45-46,51-52H,5-32,41-42H2,1-4H3/t45-,46+,51-,52+/m1/s1. The van der Waals surface area contributed by atoms with Crippen molar-refractivity contribution >= 4 is 23.9 Å². The zero-order valence-corrected chi connectivity index (χ0v) is 39.4. The van der Waals surface area contributed by atoms with Crippen LogP contribution in [0.25, 0.3) is 0 Å². The molecule has 8 heteroatoms. The van der Waals surface area contributed by atoms with E-state index in [1.165, 1.54) is 168 Å². The minimum atomic E-state index is -0.385. The van der Waals surface area contributed by atoms with Crippen molar-refractivity contribution in [3.8, 4) is 11.5 Å². The average molecular weight is 861 g/mol. The van der Waals surface area contributed by atoms with E-state index >= 15 is 0 Å². The summed E-state index contributed by atoms with van der Waals surface area (Å²) in [5.74, 6) is 2.94. The lowest BCUT2D eigenvalue weighted by molar-refractivity contribution is -0.132. The molecule has 0 saturated heterocycles. The molecule has 8 nitrogen and oxygen atoms in total. The van der Waals surface area contributed by atoms with Crippen LogP contribution in [-0.4, -0.2) is 37.1 Å². The van der Waals surface area contributed by atoms with Crippen molar-refractivity contribution in [2.75, 3.05) is 13.2 Å². The quantitative estimate of drug-likeness (QED) is 0.0389. The van der Waals surface area contributed by atoms with Gasteiger partial charge in [0.1, 0.15) is 11.5 Å². The van der Waals surface area contributed by atoms with Gasteiger partial charge in [-0.15, -0.1) is 0 Å². The van der Waals surface area contributed by atoms with E-state index in [-0.39, 0.29) is 23.9 Å². The maximum atomic E-state index is 12.5. The third-order valence-corrected chi connectivity index (χ3v) is 13.1. The van der Waals surface area contributed by atoms with E-state index < -0.39 is 0 Å². The molecular formula is C54H84O8. The van der Waals surface area contributed by atoms with E-state index in [1.54, 1.807) is 48.5 Å². The number of hydrogen-bond acceptors (Lipinski definition) is 8. The van der Waals surface area contributed by atoms with Gasteiger partial charge in [0.25, 0.3) is 0 Å². The van der Waals surface area contributed by atoms with Crippen molar-refractivity contribution < 1.29 is 38.1 Å². The van der Waals surface area contributed by atoms with Crippen molar-refractivity contribution in [1.29, 1.82) is 0 Å². The fraction of sp³-hybridized carbons (Fsp3) is 0.704. The van der Waals surface area contributed by atoms with Gasteiger partial charge in [0.05, 0.1) is 24.3 Å². The molecule has 0 bridgehead atoms. The summed E-state index contributed by atoms with van der Waals surface area (Å²) in [4.78, 5) is 47.2. The highest BCUT2D eigenvalue weighted by atomic mass is 16.5. The van der Waals surface area contributed by atoms with Gasteiger partial charge >= 0.3 is 23.9 Å². The highest BCUT2D eigenvalue weighted by molar-refractivity contribution is 5.90. The fourth-order valence-corrected chi connectivity index (χ4v) is 9.72. The van der Waals surface area contributed by atoms with Crippen molar-refractivity contribution in [3.05, 3.63) is 59.7 Å². The molecule has 1 saturated carbocycles. The third kappa shape index (κ3) is 22.6. The lowest BCUT2D eigenvalue weighted by Crippen LogP contribution is -2.35. The Morgan fingerprint density at radius 3 is 1.08 bits per heavy atom. The molecule has 0 aliphatic heterocycles. The Labute approximate surface area is 376 Å². The van der Waals surface area contributed by atoms with Crippen LogP contribution < -0.4 is 9.47 Å². The number of rotatable bonds is 34. The first-order valence-corrected chi connectivity index (χ1v) is 25.1. The Kier molecular flexibility index (Phi) is 28.0. The second-order valence-corrected chi connectivity index (χ2v) is 18.2. The molecular weight excluding hydrogens is 777 g/mol. The molecule has 2 aromatic rings. The van der Waals surface area contributed by atoms with Crippen molar-refractivity contribution in [1.82, 2.24) is 0 Å². The van der Waals surface area contributed by atoms with Crippen LogP contribution >= 0.6 is 0 Å². The number of hydrogen-bond donors (Lipinski definition) is 0. The molecule has 0 amide bonds. The number of benzene rings is 2. The Bertz CT molecular complexity index is 1500. The summed E-state index contributed by atoms with van der Waals surface area (Å²) in [5, 5.41) is 0. The van der Waals surface area contributed by atoms with Gasteiger partial charge in [0, 0.05) is 13.8 Å². The summed E-state index contributed by atoms with van der Waals surface area (Å²) in [6, 6.07) is 13.0. The van der Waals surface area contributed by atoms with Crippen molar-refractivity contribution in [2.45, 2.75) is 207 Å². The molecule has 1 aliphatic rings. The van der Waals surface area contributed by atoms with Gasteiger partial charge < -0.3 is 18.9 Å². The van der Waals surface area contributed by atoms with Gasteiger partial charge in [0.2, 0.25) is 0 Å². The molecule has 4 atom stereocenters. The molecule has 62 heavy (non-hydrogen) atoms. The smallest absolute Gasteiger partial charge is 0.338 e. The number of unbranched alkanes of at least 4 members (excludes halogenated alkanes) is 18. The zero-order chi connectivity index (χ0) is 44.6. The van der Waals surface area contributed by atoms with Crippen LogP contribution in [0.4, 0.5) is 0 Å². The van der Waals surface area contributed by atoms with Crippen LogP contribution in [0, 0.1) is 23.7 Å². The lowest BCUT2D eigenvalue weighted by atomic mass is 9.61. The molecule has 3 rings (SSSR count). The van der Waals surface area contributed by atoms with Crippen LogP contribution in [0.2, 0.25) is 0 Å². The van der Waals surface area contributed by atoms with Crippen LogP contribution in [0.3, 0.4) is 0 Å². The van der Waals surface area contributed by atoms with Crippen LogP contribution in [0.1, 0.15) is 228 Å². The molecule has 1 aliphatic carbocycles. The van der Waals surface area contributed by atoms with Gasteiger partial charge in [0.15, 0.2) is 0 Å². The van der Waals surface area contributed by atoms with Gasteiger partial charge in [-0.05, 0) is 111 Å². The first kappa shape index (κ1) is 52.7. The van der Waals surface area contributed by atoms with Crippen molar-refractivity contribution in [3.63, 3.8) is 0 Å². The molecule has 0 unspecified atom stereocenters. The van der Waals surface area contributed by atoms with E-state index in [9.17, 15) is 19.2 Å². The first-order valence-electron chi connectivity index (χ1n) is 25.1. The van der Waals surface area contributed by atoms with Crippen LogP contribution in [-0.2, 0) is 19.1 Å². The second kappa shape index (κ2) is 32.9. The monoisotopic (exact) mass is 861 g/mol. The van der Waals surface area contributed by atoms with Gasteiger partial charge in [-0.3, -0.25) is 9.59 Å². The predicted octanol–water partition coefficient (Wildman–Crippen LogP) is 15.0. The Hall–Kier alpha value is -3.68. The van der Waals surface area contributed by atoms with Crippen molar-refractivity contribution in [2.24, 2.45) is 23.7 Å². The molecule has 0 radical (unpaired) electrons. The number of carbonyl (C=O) groups is 4. The van der Waals surface area contributed by atoms with Gasteiger partial charge in [-0.2, -0.15) is 0 Å². The maximum absolute atomic E-state index is 12.5. The topological polar surface area (TPSA) is 105 Å². The zero-order valence-electron chi connectivity index (χ0n) is 39.4. The Morgan fingerprint density at radius 2 is 0.726 bits per heavy atom. The highest BCUT2D eigenvalue weighted by Crippen LogP contribution is 2.48. The average Bonchev–Trinajstić information content (AvgIpc) is 3.25. The Morgan fingerprint density at radius 1 is 0.419 bits per heavy atom. The summed E-state index contributed by atoms with van der Waals surface area (Å²) in [7, 11) is 0. The van der Waals surface area contributed by atoms with Gasteiger partial charge in [-0.1, -0.05) is 155 Å².